The molecule has 0 aromatic carbocycles. The van der Waals surface area contributed by atoms with E-state index in [-0.39, 0.29) is 10.8 Å². The molecule has 0 saturated heterocycles. The second-order valence-electron chi connectivity index (χ2n) is 1.97. The van der Waals surface area contributed by atoms with Gasteiger partial charge in [0.2, 0.25) is 0 Å². The maximum absolute atomic E-state index is 9.92. The molecule has 0 radical (unpaired) electrons. The molecule has 0 bridgehead atoms. The Balaban J connectivity index is 2.45. The fourth-order valence-corrected chi connectivity index (χ4v) is 1.19. The summed E-state index contributed by atoms with van der Waals surface area (Å²) in [6, 6.07) is 3.51. The zero-order valence-corrected chi connectivity index (χ0v) is 6.76. The first kappa shape index (κ1) is 8.13. The molecule has 0 aliphatic rings. The van der Waals surface area contributed by atoms with Crippen molar-refractivity contribution in [2.45, 2.75) is 12.0 Å². The lowest BCUT2D eigenvalue weighted by Gasteiger charge is -1.88. The Morgan fingerprint density at radius 1 is 1.73 bits per heavy atom. The van der Waals surface area contributed by atoms with E-state index in [1.54, 1.807) is 19.1 Å². The van der Waals surface area contributed by atoms with Gasteiger partial charge in [-0.15, -0.1) is 0 Å². The van der Waals surface area contributed by atoms with Gasteiger partial charge < -0.3 is 4.42 Å². The first-order valence-corrected chi connectivity index (χ1v) is 3.98. The largest absolute Gasteiger partial charge is 0.455 e. The minimum absolute atomic E-state index is 0.146. The zero-order chi connectivity index (χ0) is 8.27. The van der Waals surface area contributed by atoms with Crippen LogP contribution in [-0.4, -0.2) is 10.8 Å². The van der Waals surface area contributed by atoms with Crippen molar-refractivity contribution in [1.29, 1.82) is 0 Å². The maximum Gasteiger partial charge on any atom is 0.256 e. The second-order valence-corrected chi connectivity index (χ2v) is 2.92. The Hall–Kier alpha value is -0.970. The second kappa shape index (κ2) is 3.43. The summed E-state index contributed by atoms with van der Waals surface area (Å²) in [6.45, 7) is 1.80. The summed E-state index contributed by atoms with van der Waals surface area (Å²) in [5, 5.41) is 10.5. The predicted octanol–water partition coefficient (Wildman–Crippen LogP) is 1.91. The first-order chi connectivity index (χ1) is 5.18. The highest BCUT2D eigenvalue weighted by Crippen LogP contribution is 2.19. The van der Waals surface area contributed by atoms with Gasteiger partial charge in [0.25, 0.3) is 5.88 Å². The summed E-state index contributed by atoms with van der Waals surface area (Å²) in [4.78, 5) is 9.54. The van der Waals surface area contributed by atoms with Gasteiger partial charge in [0.05, 0.1) is 0 Å². The fraction of sp³-hybridized carbons (Fsp3) is 0.333. The highest BCUT2D eigenvalue weighted by Gasteiger charge is 2.03. The van der Waals surface area contributed by atoms with E-state index in [0.29, 0.717) is 5.09 Å². The molecule has 60 valence electrons. The van der Waals surface area contributed by atoms with Crippen molar-refractivity contribution in [3.63, 3.8) is 0 Å². The van der Waals surface area contributed by atoms with E-state index in [4.69, 9.17) is 4.42 Å². The van der Waals surface area contributed by atoms with Gasteiger partial charge in [0.15, 0.2) is 5.09 Å². The Morgan fingerprint density at radius 2 is 2.45 bits per heavy atom. The van der Waals surface area contributed by atoms with Crippen molar-refractivity contribution in [3.05, 3.63) is 28.0 Å². The van der Waals surface area contributed by atoms with Gasteiger partial charge in [0, 0.05) is 4.92 Å². The first-order valence-electron chi connectivity index (χ1n) is 2.99. The minimum atomic E-state index is -0.386. The molecule has 1 aromatic rings. The molecule has 0 saturated carbocycles. The predicted molar refractivity (Wildman–Crippen MR) is 41.2 cm³/mol. The molecule has 0 N–H and O–H groups in total. The van der Waals surface area contributed by atoms with Crippen LogP contribution in [0.5, 0.6) is 0 Å². The summed E-state index contributed by atoms with van der Waals surface area (Å²) in [6.07, 6.45) is 0. The fourth-order valence-electron chi connectivity index (χ4n) is 0.606. The summed E-state index contributed by atoms with van der Waals surface area (Å²) < 4.78 is 5.09. The number of hydrogen-bond donors (Lipinski definition) is 0. The van der Waals surface area contributed by atoms with Gasteiger partial charge in [-0.05, 0) is 30.8 Å². The van der Waals surface area contributed by atoms with E-state index in [1.807, 2.05) is 0 Å². The molecule has 0 atom stereocenters. The minimum Gasteiger partial charge on any atom is -0.455 e. The van der Waals surface area contributed by atoms with Crippen molar-refractivity contribution in [1.82, 2.24) is 0 Å². The number of furan rings is 1. The molecule has 0 spiro atoms. The van der Waals surface area contributed by atoms with Crippen molar-refractivity contribution in [3.8, 4) is 0 Å². The molecule has 1 heterocycles. The molecule has 1 rings (SSSR count). The lowest BCUT2D eigenvalue weighted by atomic mass is 10.5. The molecule has 0 aliphatic heterocycles. The van der Waals surface area contributed by atoms with Crippen LogP contribution in [-0.2, 0) is 0 Å². The topological polar surface area (TPSA) is 56.3 Å². The number of thioether (sulfide) groups is 1. The molecule has 0 aliphatic carbocycles. The molecule has 0 unspecified atom stereocenters. The van der Waals surface area contributed by atoms with E-state index in [9.17, 15) is 10.1 Å². The molecule has 0 fully saturated rings. The normalized spacial score (nSPS) is 9.91. The van der Waals surface area contributed by atoms with Crippen molar-refractivity contribution in [2.75, 3.05) is 5.88 Å². The summed E-state index contributed by atoms with van der Waals surface area (Å²) >= 11 is 1.08. The number of hydrogen-bond acceptors (Lipinski definition) is 4. The van der Waals surface area contributed by atoms with E-state index in [1.165, 1.54) is 0 Å². The number of rotatable bonds is 3. The van der Waals surface area contributed by atoms with Gasteiger partial charge in [-0.3, -0.25) is 10.1 Å². The molecule has 0 amide bonds. The maximum atomic E-state index is 9.92. The van der Waals surface area contributed by atoms with Crippen LogP contribution < -0.4 is 0 Å². The SMILES string of the molecule is Cc1ccc(SC[N+](=O)[O-])o1. The standard InChI is InChI=1S/C6H7NO3S/c1-5-2-3-6(10-5)11-4-7(8)9/h2-3H,4H2,1H3. The highest BCUT2D eigenvalue weighted by molar-refractivity contribution is 7.99. The lowest BCUT2D eigenvalue weighted by Crippen LogP contribution is -1.94. The van der Waals surface area contributed by atoms with Crippen LogP contribution in [0, 0.1) is 17.0 Å². The molecular weight excluding hydrogens is 166 g/mol. The van der Waals surface area contributed by atoms with Crippen LogP contribution in [0.25, 0.3) is 0 Å². The summed E-state index contributed by atoms with van der Waals surface area (Å²) in [5.41, 5.74) is 0. The van der Waals surface area contributed by atoms with Gasteiger partial charge in [-0.25, -0.2) is 0 Å². The monoisotopic (exact) mass is 173 g/mol. The Kier molecular flexibility index (Phi) is 2.53. The lowest BCUT2D eigenvalue weighted by molar-refractivity contribution is -0.456. The summed E-state index contributed by atoms with van der Waals surface area (Å²) in [7, 11) is 0. The third-order valence-corrected chi connectivity index (χ3v) is 1.87. The van der Waals surface area contributed by atoms with Crippen LogP contribution in [0.4, 0.5) is 0 Å². The molecule has 1 aromatic heterocycles. The molecule has 11 heavy (non-hydrogen) atoms. The van der Waals surface area contributed by atoms with Gasteiger partial charge in [-0.1, -0.05) is 0 Å². The molecule has 5 heteroatoms. The van der Waals surface area contributed by atoms with Crippen LogP contribution in [0.15, 0.2) is 21.6 Å². The van der Waals surface area contributed by atoms with E-state index in [0.717, 1.165) is 17.5 Å². The quantitative estimate of drug-likeness (QED) is 0.303. The van der Waals surface area contributed by atoms with Gasteiger partial charge in [-0.2, -0.15) is 0 Å². The smallest absolute Gasteiger partial charge is 0.256 e. The Labute approximate surface area is 67.7 Å². The van der Waals surface area contributed by atoms with Crippen LogP contribution >= 0.6 is 11.8 Å². The number of nitro groups is 1. The third kappa shape index (κ3) is 2.63. The summed E-state index contributed by atoms with van der Waals surface area (Å²) in [5.74, 6) is 0.628. The molecule has 4 nitrogen and oxygen atoms in total. The molecular formula is C6H7NO3S. The van der Waals surface area contributed by atoms with Crippen molar-refractivity contribution in [2.24, 2.45) is 0 Å². The highest BCUT2D eigenvalue weighted by atomic mass is 32.2. The van der Waals surface area contributed by atoms with Gasteiger partial charge in [0.1, 0.15) is 5.76 Å². The van der Waals surface area contributed by atoms with Gasteiger partial charge >= 0.3 is 0 Å². The number of aryl methyl sites for hydroxylation is 1. The van der Waals surface area contributed by atoms with Crippen LogP contribution in [0.2, 0.25) is 0 Å². The Morgan fingerprint density at radius 3 is 2.91 bits per heavy atom. The van der Waals surface area contributed by atoms with Crippen molar-refractivity contribution >= 4 is 11.8 Å². The van der Waals surface area contributed by atoms with Crippen LogP contribution in [0.1, 0.15) is 5.76 Å². The zero-order valence-electron chi connectivity index (χ0n) is 5.94. The average Bonchev–Trinajstić information content (AvgIpc) is 2.31. The number of nitrogens with zero attached hydrogens (tertiary/aromatic N) is 1. The van der Waals surface area contributed by atoms with Crippen molar-refractivity contribution < 1.29 is 9.34 Å². The average molecular weight is 173 g/mol. The Bertz CT molecular complexity index is 258. The van der Waals surface area contributed by atoms with E-state index in [2.05, 4.69) is 0 Å². The van der Waals surface area contributed by atoms with Crippen LogP contribution in [0.3, 0.4) is 0 Å². The van der Waals surface area contributed by atoms with E-state index < -0.39 is 0 Å². The third-order valence-electron chi connectivity index (χ3n) is 1.03. The van der Waals surface area contributed by atoms with E-state index >= 15 is 0 Å².